The van der Waals surface area contributed by atoms with Gasteiger partial charge in [-0.3, -0.25) is 0 Å². The molecule has 0 spiro atoms. The fourth-order valence-electron chi connectivity index (χ4n) is 4.61. The Bertz CT molecular complexity index is 747. The van der Waals surface area contributed by atoms with Crippen molar-refractivity contribution in [1.82, 2.24) is 0 Å². The topological polar surface area (TPSA) is 66.1 Å². The van der Waals surface area contributed by atoms with Gasteiger partial charge in [0.25, 0.3) is 0 Å². The Morgan fingerprint density at radius 2 is 0.853 bits per heavy atom. The van der Waals surface area contributed by atoms with Crippen LogP contribution < -0.4 is 11.5 Å². The third-order valence-corrected chi connectivity index (χ3v) is 6.23. The molecular formula is C28H44Cl2N3Pt-. The molecule has 0 radical (unpaired) electrons. The Morgan fingerprint density at radius 3 is 1.06 bits per heavy atom. The van der Waals surface area contributed by atoms with E-state index in [0.29, 0.717) is 36.8 Å². The Morgan fingerprint density at radius 1 is 0.618 bits per heavy atom. The van der Waals surface area contributed by atoms with Gasteiger partial charge in [-0.1, -0.05) is 91.8 Å². The second-order valence-corrected chi connectivity index (χ2v) is 13.4. The van der Waals surface area contributed by atoms with Gasteiger partial charge in [0.15, 0.2) is 0 Å². The molecular weight excluding hydrogens is 644 g/mol. The summed E-state index contributed by atoms with van der Waals surface area (Å²) in [6, 6.07) is 13.0. The molecule has 0 aliphatic heterocycles. The molecule has 0 aromatic heterocycles. The van der Waals surface area contributed by atoms with Crippen LogP contribution in [0, 0.1) is 0 Å². The van der Waals surface area contributed by atoms with Crippen LogP contribution in [0.4, 0.5) is 0 Å². The van der Waals surface area contributed by atoms with Gasteiger partial charge in [0.05, 0.1) is 0 Å². The quantitative estimate of drug-likeness (QED) is 0.263. The molecule has 6 heteroatoms. The Hall–Kier alpha value is -0.412. The van der Waals surface area contributed by atoms with Crippen LogP contribution in [0.15, 0.2) is 36.4 Å². The number of hydrogen-bond donors (Lipinski definition) is 2. The van der Waals surface area contributed by atoms with Crippen molar-refractivity contribution in [2.75, 3.05) is 13.1 Å². The third kappa shape index (κ3) is 8.91. The van der Waals surface area contributed by atoms with Crippen LogP contribution in [-0.4, -0.2) is 13.1 Å². The molecule has 2 aromatic carbocycles. The fraction of sp³-hybridized carbons (Fsp3) is 0.571. The second-order valence-electron chi connectivity index (χ2n) is 10.2. The standard InChI is InChI=1S/C28H44N3.2ClH.Pt/c1-17(2)21-11-9-12-22(18(3)4)27(21)25(29)15-31-16-26(30)28-23(19(5)6)13-10-14-24(28)20(7)8;;;/h9-14,17-20,25-26H,15-16,29-30H2,1-8H3;2*1H;/q-1;;;+2/p-2. The first-order valence-electron chi connectivity index (χ1n) is 12.2. The minimum absolute atomic E-state index is 0.104. The van der Waals surface area contributed by atoms with E-state index in [1.165, 1.54) is 33.4 Å². The van der Waals surface area contributed by atoms with Crippen LogP contribution in [0.2, 0.25) is 0 Å². The Labute approximate surface area is 225 Å². The number of nitrogens with two attached hydrogens (primary N) is 2. The van der Waals surface area contributed by atoms with E-state index in [-0.39, 0.29) is 12.1 Å². The van der Waals surface area contributed by atoms with Gasteiger partial charge in [-0.2, -0.15) is 0 Å². The van der Waals surface area contributed by atoms with Gasteiger partial charge >= 0.3 is 35.3 Å². The summed E-state index contributed by atoms with van der Waals surface area (Å²) in [6.07, 6.45) is 0. The molecule has 4 N–H and O–H groups in total. The van der Waals surface area contributed by atoms with E-state index in [1.807, 2.05) is 0 Å². The maximum absolute atomic E-state index is 6.72. The molecule has 2 rings (SSSR count). The molecule has 0 saturated heterocycles. The SMILES string of the molecule is CC(C)c1cccc(C(C)C)c1C(N)C[N-]CC(N)c1c(C(C)C)cccc1C(C)C.[Cl][Pt][Cl]. The molecule has 0 aliphatic carbocycles. The Balaban J connectivity index is 0.00000182. The Kier molecular flexibility index (Phi) is 14.6. The van der Waals surface area contributed by atoms with Crippen molar-refractivity contribution in [3.8, 4) is 0 Å². The molecule has 2 atom stereocenters. The zero-order chi connectivity index (χ0) is 26.0. The van der Waals surface area contributed by atoms with Gasteiger partial charge in [0, 0.05) is 12.1 Å². The molecule has 0 bridgehead atoms. The molecule has 0 amide bonds. The maximum atomic E-state index is 6.72. The van der Waals surface area contributed by atoms with Crippen molar-refractivity contribution in [1.29, 1.82) is 0 Å². The predicted octanol–water partition coefficient (Wildman–Crippen LogP) is 8.63. The summed E-state index contributed by atoms with van der Waals surface area (Å²) in [5, 5.41) is 4.88. The van der Waals surface area contributed by atoms with E-state index in [9.17, 15) is 0 Å². The fourth-order valence-corrected chi connectivity index (χ4v) is 4.61. The monoisotopic (exact) mass is 687 g/mol. The summed E-state index contributed by atoms with van der Waals surface area (Å²) in [5.41, 5.74) is 21.3. The van der Waals surface area contributed by atoms with Gasteiger partial charge in [0.1, 0.15) is 0 Å². The molecule has 0 heterocycles. The molecule has 0 fully saturated rings. The molecule has 2 unspecified atom stereocenters. The van der Waals surface area contributed by atoms with Crippen LogP contribution in [0.3, 0.4) is 0 Å². The van der Waals surface area contributed by atoms with E-state index in [4.69, 9.17) is 35.6 Å². The number of hydrogen-bond acceptors (Lipinski definition) is 2. The van der Waals surface area contributed by atoms with E-state index in [1.54, 1.807) is 0 Å². The van der Waals surface area contributed by atoms with Crippen molar-refractivity contribution in [3.63, 3.8) is 0 Å². The molecule has 0 saturated carbocycles. The predicted molar refractivity (Wildman–Crippen MR) is 148 cm³/mol. The summed E-state index contributed by atoms with van der Waals surface area (Å²) in [5.74, 6) is 1.75. The van der Waals surface area contributed by atoms with E-state index in [0.717, 1.165) is 0 Å². The number of halogens is 2. The van der Waals surface area contributed by atoms with Crippen LogP contribution in [0.1, 0.15) is 125 Å². The first-order valence-corrected chi connectivity index (χ1v) is 17.8. The van der Waals surface area contributed by atoms with Crippen molar-refractivity contribution >= 4 is 18.8 Å². The zero-order valence-electron chi connectivity index (χ0n) is 22.0. The summed E-state index contributed by atoms with van der Waals surface area (Å²) >= 11 is -0.472. The summed E-state index contributed by atoms with van der Waals surface area (Å²) in [6.45, 7) is 19.1. The summed E-state index contributed by atoms with van der Waals surface area (Å²) in [7, 11) is 9.75. The molecule has 0 aliphatic rings. The van der Waals surface area contributed by atoms with E-state index >= 15 is 0 Å². The van der Waals surface area contributed by atoms with Crippen LogP contribution in [0.5, 0.6) is 0 Å². The normalized spacial score (nSPS) is 13.5. The number of nitrogens with zero attached hydrogens (tertiary/aromatic N) is 1. The molecule has 34 heavy (non-hydrogen) atoms. The molecule has 196 valence electrons. The first kappa shape index (κ1) is 31.6. The van der Waals surface area contributed by atoms with Crippen LogP contribution >= 0.6 is 18.8 Å². The van der Waals surface area contributed by atoms with Gasteiger partial charge in [-0.15, -0.1) is 13.1 Å². The van der Waals surface area contributed by atoms with Crippen molar-refractivity contribution in [2.45, 2.75) is 91.1 Å². The molecule has 2 aromatic rings. The first-order chi connectivity index (χ1) is 16.0. The van der Waals surface area contributed by atoms with E-state index < -0.39 is 16.5 Å². The van der Waals surface area contributed by atoms with Crippen molar-refractivity contribution in [2.24, 2.45) is 11.5 Å². The summed E-state index contributed by atoms with van der Waals surface area (Å²) < 4.78 is 0. The van der Waals surface area contributed by atoms with Gasteiger partial charge < -0.3 is 16.8 Å². The van der Waals surface area contributed by atoms with Gasteiger partial charge in [0.2, 0.25) is 0 Å². The minimum atomic E-state index is -0.472. The third-order valence-electron chi connectivity index (χ3n) is 6.23. The van der Waals surface area contributed by atoms with Gasteiger partial charge in [-0.25, -0.2) is 0 Å². The number of benzene rings is 2. The van der Waals surface area contributed by atoms with E-state index in [2.05, 4.69) is 91.8 Å². The zero-order valence-corrected chi connectivity index (χ0v) is 25.8. The number of rotatable bonds is 10. The van der Waals surface area contributed by atoms with Crippen molar-refractivity contribution < 1.29 is 16.5 Å². The van der Waals surface area contributed by atoms with Gasteiger partial charge in [-0.05, 0) is 57.1 Å². The van der Waals surface area contributed by atoms with Crippen molar-refractivity contribution in [3.05, 3.63) is 75.1 Å². The van der Waals surface area contributed by atoms with Crippen LogP contribution in [0.25, 0.3) is 5.32 Å². The second kappa shape index (κ2) is 15.6. The average Bonchev–Trinajstić information content (AvgIpc) is 2.78. The average molecular weight is 689 g/mol. The molecule has 3 nitrogen and oxygen atoms in total. The summed E-state index contributed by atoms with van der Waals surface area (Å²) in [4.78, 5) is 0. The van der Waals surface area contributed by atoms with Crippen LogP contribution in [-0.2, 0) is 16.5 Å².